The molecule has 5 nitrogen and oxygen atoms in total. The third-order valence-electron chi connectivity index (χ3n) is 3.50. The van der Waals surface area contributed by atoms with Crippen molar-refractivity contribution in [2.24, 2.45) is 0 Å². The number of sulfone groups is 1. The topological polar surface area (TPSA) is 80.3 Å². The number of aryl methyl sites for hydroxylation is 3. The summed E-state index contributed by atoms with van der Waals surface area (Å²) in [5, 5.41) is 0. The van der Waals surface area contributed by atoms with Crippen molar-refractivity contribution in [1.29, 1.82) is 0 Å². The minimum atomic E-state index is -3.77. The van der Waals surface area contributed by atoms with Gasteiger partial charge < -0.3 is 0 Å². The maximum atomic E-state index is 12.5. The second-order valence-electron chi connectivity index (χ2n) is 5.62. The van der Waals surface area contributed by atoms with Crippen LogP contribution in [0.15, 0.2) is 46.2 Å². The molecule has 7 heteroatoms. The first kappa shape index (κ1) is 17.5. The number of nitrogens with one attached hydrogen (secondary N) is 1. The molecule has 2 rings (SSSR count). The minimum absolute atomic E-state index is 0.115. The summed E-state index contributed by atoms with van der Waals surface area (Å²) < 4.78 is 51.0. The Labute approximate surface area is 137 Å². The molecule has 0 fully saturated rings. The molecule has 0 heterocycles. The van der Waals surface area contributed by atoms with E-state index in [2.05, 4.69) is 4.72 Å². The summed E-state index contributed by atoms with van der Waals surface area (Å²) in [5.74, 6) is 0. The first-order valence-electron chi connectivity index (χ1n) is 6.91. The molecule has 0 atom stereocenters. The molecule has 0 spiro atoms. The lowest BCUT2D eigenvalue weighted by Crippen LogP contribution is -2.14. The number of hydrogen-bond donors (Lipinski definition) is 1. The van der Waals surface area contributed by atoms with Gasteiger partial charge in [0.1, 0.15) is 0 Å². The predicted octanol–water partition coefficient (Wildman–Crippen LogP) is 2.82. The standard InChI is InChI=1S/C16H19NO4S2/c1-11-5-7-14(8-6-11)23(20,21)17-15-10-16(22(4,18)19)13(3)9-12(15)2/h5-10,17H,1-4H3. The van der Waals surface area contributed by atoms with E-state index in [4.69, 9.17) is 0 Å². The Morgan fingerprint density at radius 1 is 0.826 bits per heavy atom. The molecule has 0 aromatic heterocycles. The monoisotopic (exact) mass is 353 g/mol. The Hall–Kier alpha value is -1.86. The molecule has 124 valence electrons. The van der Waals surface area contributed by atoms with Crippen LogP contribution in [0.4, 0.5) is 5.69 Å². The lowest BCUT2D eigenvalue weighted by molar-refractivity contribution is 0.598. The van der Waals surface area contributed by atoms with Crippen LogP contribution >= 0.6 is 0 Å². The molecule has 0 aliphatic heterocycles. The SMILES string of the molecule is Cc1ccc(S(=O)(=O)Nc2cc(S(C)(=O)=O)c(C)cc2C)cc1. The zero-order valence-corrected chi connectivity index (χ0v) is 15.0. The van der Waals surface area contributed by atoms with E-state index in [-0.39, 0.29) is 15.5 Å². The van der Waals surface area contributed by atoms with Gasteiger partial charge in [0.2, 0.25) is 0 Å². The van der Waals surface area contributed by atoms with Crippen molar-refractivity contribution in [2.45, 2.75) is 30.6 Å². The number of anilines is 1. The lowest BCUT2D eigenvalue weighted by atomic mass is 10.1. The summed E-state index contributed by atoms with van der Waals surface area (Å²) in [7, 11) is -7.21. The van der Waals surface area contributed by atoms with Gasteiger partial charge in [0.25, 0.3) is 10.0 Å². The largest absolute Gasteiger partial charge is 0.279 e. The summed E-state index contributed by atoms with van der Waals surface area (Å²) in [6.45, 7) is 5.28. The van der Waals surface area contributed by atoms with Crippen molar-refractivity contribution in [1.82, 2.24) is 0 Å². The molecule has 1 N–H and O–H groups in total. The van der Waals surface area contributed by atoms with Crippen molar-refractivity contribution in [3.05, 3.63) is 53.1 Å². The average Bonchev–Trinajstić information content (AvgIpc) is 2.41. The van der Waals surface area contributed by atoms with Gasteiger partial charge in [-0.05, 0) is 50.1 Å². The first-order chi connectivity index (χ1) is 10.5. The van der Waals surface area contributed by atoms with Gasteiger partial charge in [-0.3, -0.25) is 4.72 Å². The van der Waals surface area contributed by atoms with Gasteiger partial charge in [-0.25, -0.2) is 16.8 Å². The van der Waals surface area contributed by atoms with E-state index in [1.54, 1.807) is 32.0 Å². The van der Waals surface area contributed by atoms with Crippen LogP contribution in [0.5, 0.6) is 0 Å². The lowest BCUT2D eigenvalue weighted by Gasteiger charge is -2.14. The molecular weight excluding hydrogens is 334 g/mol. The molecule has 0 radical (unpaired) electrons. The maximum absolute atomic E-state index is 12.5. The Morgan fingerprint density at radius 2 is 1.39 bits per heavy atom. The van der Waals surface area contributed by atoms with Crippen molar-refractivity contribution >= 4 is 25.5 Å². The number of rotatable bonds is 4. The number of sulfonamides is 1. The van der Waals surface area contributed by atoms with Gasteiger partial charge in [-0.15, -0.1) is 0 Å². The molecule has 0 saturated heterocycles. The highest BCUT2D eigenvalue weighted by Crippen LogP contribution is 2.26. The van der Waals surface area contributed by atoms with Crippen molar-refractivity contribution in [2.75, 3.05) is 11.0 Å². The van der Waals surface area contributed by atoms with Crippen LogP contribution in [0.3, 0.4) is 0 Å². The van der Waals surface area contributed by atoms with Crippen LogP contribution in [0.2, 0.25) is 0 Å². The molecule has 0 amide bonds. The quantitative estimate of drug-likeness (QED) is 0.916. The summed E-state index contributed by atoms with van der Waals surface area (Å²) >= 11 is 0. The van der Waals surface area contributed by atoms with Crippen molar-refractivity contribution in [3.8, 4) is 0 Å². The van der Waals surface area contributed by atoms with Crippen molar-refractivity contribution in [3.63, 3.8) is 0 Å². The highest BCUT2D eigenvalue weighted by atomic mass is 32.2. The second kappa shape index (κ2) is 5.98. The van der Waals surface area contributed by atoms with E-state index in [0.29, 0.717) is 11.1 Å². The summed E-state index contributed by atoms with van der Waals surface area (Å²) in [5.41, 5.74) is 2.46. The molecule has 2 aromatic carbocycles. The van der Waals surface area contributed by atoms with Crippen LogP contribution < -0.4 is 4.72 Å². The average molecular weight is 353 g/mol. The van der Waals surface area contributed by atoms with Crippen LogP contribution in [0.1, 0.15) is 16.7 Å². The zero-order chi connectivity index (χ0) is 17.4. The molecular formula is C16H19NO4S2. The zero-order valence-electron chi connectivity index (χ0n) is 13.4. The van der Waals surface area contributed by atoms with E-state index >= 15 is 0 Å². The summed E-state index contributed by atoms with van der Waals surface area (Å²) in [6, 6.07) is 9.46. The van der Waals surface area contributed by atoms with E-state index in [1.807, 2.05) is 6.92 Å². The maximum Gasteiger partial charge on any atom is 0.261 e. The highest BCUT2D eigenvalue weighted by Gasteiger charge is 2.18. The minimum Gasteiger partial charge on any atom is -0.279 e. The molecule has 0 aliphatic rings. The molecule has 0 unspecified atom stereocenters. The second-order valence-corrected chi connectivity index (χ2v) is 9.29. The van der Waals surface area contributed by atoms with Gasteiger partial charge in [0.05, 0.1) is 15.5 Å². The van der Waals surface area contributed by atoms with E-state index in [1.165, 1.54) is 18.2 Å². The fourth-order valence-corrected chi connectivity index (χ4v) is 4.36. The Bertz CT molecular complexity index is 944. The third kappa shape index (κ3) is 3.92. The number of benzene rings is 2. The fourth-order valence-electron chi connectivity index (χ4n) is 2.26. The van der Waals surface area contributed by atoms with Gasteiger partial charge in [0, 0.05) is 6.26 Å². The van der Waals surface area contributed by atoms with Crippen LogP contribution in [0, 0.1) is 20.8 Å². The van der Waals surface area contributed by atoms with Crippen LogP contribution in [-0.4, -0.2) is 23.1 Å². The number of hydrogen-bond acceptors (Lipinski definition) is 4. The normalized spacial score (nSPS) is 12.2. The van der Waals surface area contributed by atoms with Crippen LogP contribution in [-0.2, 0) is 19.9 Å². The van der Waals surface area contributed by atoms with Gasteiger partial charge in [-0.1, -0.05) is 23.8 Å². The Morgan fingerprint density at radius 3 is 1.91 bits per heavy atom. The predicted molar refractivity (Wildman–Crippen MR) is 91.0 cm³/mol. The third-order valence-corrected chi connectivity index (χ3v) is 6.12. The van der Waals surface area contributed by atoms with Gasteiger partial charge >= 0.3 is 0 Å². The first-order valence-corrected chi connectivity index (χ1v) is 10.3. The smallest absolute Gasteiger partial charge is 0.261 e. The summed E-state index contributed by atoms with van der Waals surface area (Å²) in [4.78, 5) is 0.244. The molecule has 0 aliphatic carbocycles. The molecule has 2 aromatic rings. The Kier molecular flexibility index (Phi) is 4.54. The van der Waals surface area contributed by atoms with E-state index < -0.39 is 19.9 Å². The van der Waals surface area contributed by atoms with E-state index in [0.717, 1.165) is 11.8 Å². The molecule has 0 saturated carbocycles. The highest BCUT2D eigenvalue weighted by molar-refractivity contribution is 7.92. The molecule has 0 bridgehead atoms. The van der Waals surface area contributed by atoms with E-state index in [9.17, 15) is 16.8 Å². The van der Waals surface area contributed by atoms with Gasteiger partial charge in [0.15, 0.2) is 9.84 Å². The van der Waals surface area contributed by atoms with Crippen molar-refractivity contribution < 1.29 is 16.8 Å². The van der Waals surface area contributed by atoms with Gasteiger partial charge in [-0.2, -0.15) is 0 Å². The molecule has 23 heavy (non-hydrogen) atoms. The summed E-state index contributed by atoms with van der Waals surface area (Å²) in [6.07, 6.45) is 1.10. The fraction of sp³-hybridized carbons (Fsp3) is 0.250. The Balaban J connectivity index is 2.49. The van der Waals surface area contributed by atoms with Crippen LogP contribution in [0.25, 0.3) is 0 Å².